The molecule has 140 valence electrons. The van der Waals surface area contributed by atoms with Crippen LogP contribution in [0.1, 0.15) is 0 Å². The number of hydrogen-bond donors (Lipinski definition) is 2. The van der Waals surface area contributed by atoms with E-state index in [1.165, 1.54) is 30.6 Å². The predicted octanol–water partition coefficient (Wildman–Crippen LogP) is 1.65. The molecule has 0 aliphatic carbocycles. The monoisotopic (exact) mass is 407 g/mol. The number of nitrogens with one attached hydrogen (secondary N) is 2. The Morgan fingerprint density at radius 1 is 1.11 bits per heavy atom. The van der Waals surface area contributed by atoms with E-state index in [9.17, 15) is 13.2 Å². The van der Waals surface area contributed by atoms with Crippen LogP contribution in [-0.4, -0.2) is 48.5 Å². The van der Waals surface area contributed by atoms with Crippen molar-refractivity contribution in [3.05, 3.63) is 41.7 Å². The standard InChI is InChI=1S/C15H14ClN7O3S/c1-23(2)13-11-12(18-8-7-17-11)19-14(20-13)21-15(24)22-27(25,26)10-6-4-3-5-9(10)16/h3-8H,1-2H3,(H2,18,19,20,21,22,24). The number of rotatable bonds is 4. The van der Waals surface area contributed by atoms with Crippen LogP contribution in [0, 0.1) is 0 Å². The van der Waals surface area contributed by atoms with Gasteiger partial charge in [-0.1, -0.05) is 23.7 Å². The highest BCUT2D eigenvalue weighted by atomic mass is 35.5. The van der Waals surface area contributed by atoms with Gasteiger partial charge in [0.2, 0.25) is 5.95 Å². The highest BCUT2D eigenvalue weighted by molar-refractivity contribution is 7.90. The summed E-state index contributed by atoms with van der Waals surface area (Å²) in [6.07, 6.45) is 2.94. The van der Waals surface area contributed by atoms with E-state index in [4.69, 9.17) is 11.6 Å². The van der Waals surface area contributed by atoms with Gasteiger partial charge in [0.05, 0.1) is 5.02 Å². The van der Waals surface area contributed by atoms with Gasteiger partial charge in [-0.2, -0.15) is 9.97 Å². The van der Waals surface area contributed by atoms with Crippen molar-refractivity contribution in [2.75, 3.05) is 24.3 Å². The molecule has 0 radical (unpaired) electrons. The van der Waals surface area contributed by atoms with Crippen molar-refractivity contribution in [1.82, 2.24) is 24.7 Å². The van der Waals surface area contributed by atoms with Crippen LogP contribution in [0.4, 0.5) is 16.6 Å². The number of anilines is 2. The third-order valence-corrected chi connectivity index (χ3v) is 5.15. The minimum absolute atomic E-state index is 0.00933. The summed E-state index contributed by atoms with van der Waals surface area (Å²) < 4.78 is 26.5. The Labute approximate surface area is 159 Å². The number of sulfonamides is 1. The van der Waals surface area contributed by atoms with Crippen molar-refractivity contribution < 1.29 is 13.2 Å². The average Bonchev–Trinajstić information content (AvgIpc) is 2.60. The second-order valence-electron chi connectivity index (χ2n) is 5.48. The fraction of sp³-hybridized carbons (Fsp3) is 0.133. The van der Waals surface area contributed by atoms with Crippen LogP contribution in [0.5, 0.6) is 0 Å². The first-order valence-electron chi connectivity index (χ1n) is 7.52. The highest BCUT2D eigenvalue weighted by Gasteiger charge is 2.21. The van der Waals surface area contributed by atoms with Crippen LogP contribution < -0.4 is 14.9 Å². The molecule has 0 fully saturated rings. The summed E-state index contributed by atoms with van der Waals surface area (Å²) in [5.74, 6) is 0.288. The molecule has 3 rings (SSSR count). The van der Waals surface area contributed by atoms with E-state index in [2.05, 4.69) is 25.3 Å². The number of halogens is 1. The largest absolute Gasteiger partial charge is 0.361 e. The summed E-state index contributed by atoms with van der Waals surface area (Å²) >= 11 is 5.88. The molecule has 0 unspecified atom stereocenters. The minimum Gasteiger partial charge on any atom is -0.361 e. The van der Waals surface area contributed by atoms with Gasteiger partial charge >= 0.3 is 6.03 Å². The smallest absolute Gasteiger partial charge is 0.335 e. The molecular formula is C15H14ClN7O3S. The van der Waals surface area contributed by atoms with Gasteiger partial charge < -0.3 is 4.90 Å². The zero-order valence-electron chi connectivity index (χ0n) is 14.2. The van der Waals surface area contributed by atoms with E-state index in [1.807, 2.05) is 4.72 Å². The first kappa shape index (κ1) is 18.7. The van der Waals surface area contributed by atoms with Crippen molar-refractivity contribution in [3.8, 4) is 0 Å². The highest BCUT2D eigenvalue weighted by Crippen LogP contribution is 2.21. The second kappa shape index (κ2) is 7.29. The first-order valence-corrected chi connectivity index (χ1v) is 9.38. The van der Waals surface area contributed by atoms with Gasteiger partial charge in [0, 0.05) is 26.5 Å². The maximum atomic E-state index is 12.3. The van der Waals surface area contributed by atoms with Gasteiger partial charge in [0.15, 0.2) is 17.0 Å². The van der Waals surface area contributed by atoms with Crippen LogP contribution in [0.15, 0.2) is 41.6 Å². The van der Waals surface area contributed by atoms with Gasteiger partial charge in [-0.3, -0.25) is 5.32 Å². The van der Waals surface area contributed by atoms with Crippen molar-refractivity contribution >= 4 is 50.6 Å². The molecule has 2 N–H and O–H groups in total. The van der Waals surface area contributed by atoms with E-state index >= 15 is 0 Å². The van der Waals surface area contributed by atoms with Crippen LogP contribution in [0.2, 0.25) is 5.02 Å². The SMILES string of the molecule is CN(C)c1nc(NC(=O)NS(=O)(=O)c2ccccc2Cl)nc2nccnc12. The van der Waals surface area contributed by atoms with Crippen LogP contribution >= 0.6 is 11.6 Å². The lowest BCUT2D eigenvalue weighted by molar-refractivity contribution is 0.256. The second-order valence-corrected chi connectivity index (χ2v) is 7.54. The zero-order chi connectivity index (χ0) is 19.6. The fourth-order valence-corrected chi connectivity index (χ4v) is 3.61. The van der Waals surface area contributed by atoms with Gasteiger partial charge in [-0.15, -0.1) is 0 Å². The van der Waals surface area contributed by atoms with Crippen molar-refractivity contribution in [2.24, 2.45) is 0 Å². The Balaban J connectivity index is 1.87. The number of fused-ring (bicyclic) bond motifs is 1. The summed E-state index contributed by atoms with van der Waals surface area (Å²) in [6.45, 7) is 0. The Bertz CT molecular complexity index is 1120. The van der Waals surface area contributed by atoms with Crippen LogP contribution in [0.25, 0.3) is 11.2 Å². The lowest BCUT2D eigenvalue weighted by atomic mass is 10.4. The topological polar surface area (TPSA) is 130 Å². The summed E-state index contributed by atoms with van der Waals surface area (Å²) in [5, 5.41) is 2.28. The minimum atomic E-state index is -4.17. The molecule has 0 bridgehead atoms. The number of carbonyl (C=O) groups is 1. The van der Waals surface area contributed by atoms with E-state index < -0.39 is 16.1 Å². The van der Waals surface area contributed by atoms with Crippen LogP contribution in [0.3, 0.4) is 0 Å². The Kier molecular flexibility index (Phi) is 5.06. The number of aromatic nitrogens is 4. The molecule has 10 nitrogen and oxygen atoms in total. The molecule has 12 heteroatoms. The van der Waals surface area contributed by atoms with Gasteiger partial charge in [0.25, 0.3) is 10.0 Å². The fourth-order valence-electron chi connectivity index (χ4n) is 2.18. The maximum Gasteiger partial charge on any atom is 0.335 e. The van der Waals surface area contributed by atoms with Crippen LogP contribution in [-0.2, 0) is 10.0 Å². The van der Waals surface area contributed by atoms with E-state index in [-0.39, 0.29) is 21.5 Å². The average molecular weight is 408 g/mol. The third-order valence-electron chi connectivity index (χ3n) is 3.32. The van der Waals surface area contributed by atoms with Gasteiger partial charge in [-0.25, -0.2) is 27.9 Å². The predicted molar refractivity (Wildman–Crippen MR) is 100 cm³/mol. The lowest BCUT2D eigenvalue weighted by Crippen LogP contribution is -2.35. The first-order chi connectivity index (χ1) is 12.8. The van der Waals surface area contributed by atoms with E-state index in [1.54, 1.807) is 25.1 Å². The normalized spacial score (nSPS) is 11.2. The number of nitrogens with zero attached hydrogens (tertiary/aromatic N) is 5. The molecule has 2 amide bonds. The lowest BCUT2D eigenvalue weighted by Gasteiger charge is -2.14. The number of amides is 2. The summed E-state index contributed by atoms with van der Waals surface area (Å²) in [7, 11) is -0.691. The van der Waals surface area contributed by atoms with Crippen molar-refractivity contribution in [3.63, 3.8) is 0 Å². The van der Waals surface area contributed by atoms with Crippen molar-refractivity contribution in [2.45, 2.75) is 4.90 Å². The Morgan fingerprint density at radius 2 is 1.81 bits per heavy atom. The summed E-state index contributed by atoms with van der Waals surface area (Å²) in [6, 6.07) is 4.72. The molecule has 2 heterocycles. The number of urea groups is 1. The number of hydrogen-bond acceptors (Lipinski definition) is 8. The Morgan fingerprint density at radius 3 is 2.52 bits per heavy atom. The molecule has 0 spiro atoms. The van der Waals surface area contributed by atoms with Crippen molar-refractivity contribution in [1.29, 1.82) is 0 Å². The Hall–Kier alpha value is -3.05. The molecular weight excluding hydrogens is 394 g/mol. The molecule has 0 saturated heterocycles. The van der Waals surface area contributed by atoms with Gasteiger partial charge in [0.1, 0.15) is 4.90 Å². The number of benzene rings is 1. The van der Waals surface area contributed by atoms with Gasteiger partial charge in [-0.05, 0) is 12.1 Å². The molecule has 1 aromatic carbocycles. The molecule has 2 aromatic heterocycles. The molecule has 0 aliphatic heterocycles. The summed E-state index contributed by atoms with van der Waals surface area (Å²) in [5.41, 5.74) is 0.692. The maximum absolute atomic E-state index is 12.3. The summed E-state index contributed by atoms with van der Waals surface area (Å²) in [4.78, 5) is 30.1. The van der Waals surface area contributed by atoms with E-state index in [0.717, 1.165) is 0 Å². The third kappa shape index (κ3) is 4.04. The zero-order valence-corrected chi connectivity index (χ0v) is 15.8. The molecule has 0 atom stereocenters. The molecule has 0 aliphatic rings. The molecule has 3 aromatic rings. The molecule has 27 heavy (non-hydrogen) atoms. The quantitative estimate of drug-likeness (QED) is 0.667. The molecule has 0 saturated carbocycles. The number of carbonyl (C=O) groups excluding carboxylic acids is 1. The van der Waals surface area contributed by atoms with E-state index in [0.29, 0.717) is 11.3 Å².